The third-order valence-electron chi connectivity index (χ3n) is 2.18. The van der Waals surface area contributed by atoms with Crippen molar-refractivity contribution in [2.24, 2.45) is 7.05 Å². The molecule has 0 radical (unpaired) electrons. The molecule has 2 rings (SSSR count). The highest BCUT2D eigenvalue weighted by molar-refractivity contribution is 5.65. The van der Waals surface area contributed by atoms with Crippen LogP contribution in [0.25, 0.3) is 11.1 Å². The predicted molar refractivity (Wildman–Crippen MR) is 53.6 cm³/mol. The zero-order valence-corrected chi connectivity index (χ0v) is 8.49. The fraction of sp³-hybridized carbons (Fsp3) is 0.182. The van der Waals surface area contributed by atoms with Crippen molar-refractivity contribution in [2.75, 3.05) is 0 Å². The Balaban J connectivity index is 2.58. The third kappa shape index (κ3) is 1.93. The minimum Gasteiger partial charge on any atom is -0.275 e. The van der Waals surface area contributed by atoms with Crippen LogP contribution in [0.15, 0.2) is 36.5 Å². The Morgan fingerprint density at radius 3 is 2.31 bits per heavy atom. The fourth-order valence-corrected chi connectivity index (χ4v) is 1.53. The van der Waals surface area contributed by atoms with E-state index in [0.717, 1.165) is 0 Å². The summed E-state index contributed by atoms with van der Waals surface area (Å²) in [5.41, 5.74) is -0.222. The van der Waals surface area contributed by atoms with Crippen molar-refractivity contribution in [3.05, 3.63) is 42.2 Å². The van der Waals surface area contributed by atoms with Gasteiger partial charge in [0.1, 0.15) is 0 Å². The molecule has 5 heteroatoms. The van der Waals surface area contributed by atoms with Gasteiger partial charge >= 0.3 is 6.18 Å². The van der Waals surface area contributed by atoms with Gasteiger partial charge in [-0.3, -0.25) is 4.68 Å². The largest absolute Gasteiger partial charge is 0.435 e. The quantitative estimate of drug-likeness (QED) is 0.730. The highest BCUT2D eigenvalue weighted by Crippen LogP contribution is 2.35. The van der Waals surface area contributed by atoms with Gasteiger partial charge in [-0.2, -0.15) is 18.3 Å². The molecule has 16 heavy (non-hydrogen) atoms. The summed E-state index contributed by atoms with van der Waals surface area (Å²) in [4.78, 5) is 0. The number of alkyl halides is 3. The Hall–Kier alpha value is -1.78. The van der Waals surface area contributed by atoms with Gasteiger partial charge in [0.25, 0.3) is 0 Å². The van der Waals surface area contributed by atoms with Crippen LogP contribution >= 0.6 is 0 Å². The lowest BCUT2D eigenvalue weighted by Gasteiger charge is -2.05. The molecule has 0 spiro atoms. The monoisotopic (exact) mass is 226 g/mol. The first-order chi connectivity index (χ1) is 7.48. The zero-order valence-electron chi connectivity index (χ0n) is 8.49. The number of hydrogen-bond acceptors (Lipinski definition) is 1. The predicted octanol–water partition coefficient (Wildman–Crippen LogP) is 3.11. The van der Waals surface area contributed by atoms with E-state index in [0.29, 0.717) is 5.56 Å². The molecule has 0 aliphatic heterocycles. The van der Waals surface area contributed by atoms with Crippen molar-refractivity contribution in [1.82, 2.24) is 9.78 Å². The number of aromatic nitrogens is 2. The topological polar surface area (TPSA) is 17.8 Å². The molecule has 0 N–H and O–H groups in total. The average molecular weight is 226 g/mol. The van der Waals surface area contributed by atoms with Crippen molar-refractivity contribution in [3.63, 3.8) is 0 Å². The molecular formula is C11H9F3N2. The molecule has 84 valence electrons. The van der Waals surface area contributed by atoms with E-state index in [-0.39, 0.29) is 5.56 Å². The first-order valence-electron chi connectivity index (χ1n) is 4.65. The molecule has 0 bridgehead atoms. The maximum atomic E-state index is 12.7. The van der Waals surface area contributed by atoms with Gasteiger partial charge in [-0.05, 0) is 5.56 Å². The number of hydrogen-bond donors (Lipinski definition) is 0. The Morgan fingerprint density at radius 2 is 1.75 bits per heavy atom. The smallest absolute Gasteiger partial charge is 0.275 e. The molecule has 1 heterocycles. The maximum Gasteiger partial charge on any atom is 0.435 e. The first kappa shape index (κ1) is 10.7. The zero-order chi connectivity index (χ0) is 11.8. The van der Waals surface area contributed by atoms with Crippen LogP contribution in [0.3, 0.4) is 0 Å². The number of halogens is 3. The normalized spacial score (nSPS) is 11.8. The third-order valence-corrected chi connectivity index (χ3v) is 2.18. The van der Waals surface area contributed by atoms with E-state index in [2.05, 4.69) is 5.10 Å². The van der Waals surface area contributed by atoms with Gasteiger partial charge in [-0.1, -0.05) is 30.3 Å². The lowest BCUT2D eigenvalue weighted by atomic mass is 10.1. The second-order valence-electron chi connectivity index (χ2n) is 3.43. The summed E-state index contributed by atoms with van der Waals surface area (Å²) in [6.07, 6.45) is -3.05. The van der Waals surface area contributed by atoms with Gasteiger partial charge in [0.05, 0.1) is 0 Å². The minimum absolute atomic E-state index is 0.107. The number of benzene rings is 1. The van der Waals surface area contributed by atoms with Crippen molar-refractivity contribution in [1.29, 1.82) is 0 Å². The molecule has 0 saturated heterocycles. The van der Waals surface area contributed by atoms with Gasteiger partial charge in [0, 0.05) is 18.8 Å². The molecule has 0 saturated carbocycles. The SMILES string of the molecule is Cn1cc(-c2ccccc2)c(C(F)(F)F)n1. The van der Waals surface area contributed by atoms with Crippen molar-refractivity contribution < 1.29 is 13.2 Å². The highest BCUT2D eigenvalue weighted by atomic mass is 19.4. The van der Waals surface area contributed by atoms with Crippen molar-refractivity contribution in [3.8, 4) is 11.1 Å². The van der Waals surface area contributed by atoms with Crippen LogP contribution in [0.5, 0.6) is 0 Å². The summed E-state index contributed by atoms with van der Waals surface area (Å²) in [5.74, 6) is 0. The van der Waals surface area contributed by atoms with E-state index in [1.807, 2.05) is 0 Å². The number of aryl methyl sites for hydroxylation is 1. The minimum atomic E-state index is -4.42. The van der Waals surface area contributed by atoms with E-state index < -0.39 is 11.9 Å². The van der Waals surface area contributed by atoms with Gasteiger partial charge in [-0.25, -0.2) is 0 Å². The Bertz CT molecular complexity index is 486. The molecule has 0 aliphatic rings. The standard InChI is InChI=1S/C11H9F3N2/c1-16-7-9(8-5-3-2-4-6-8)10(15-16)11(12,13)14/h2-7H,1H3. The maximum absolute atomic E-state index is 12.7. The summed E-state index contributed by atoms with van der Waals surface area (Å²) < 4.78 is 39.2. The molecule has 2 aromatic rings. The molecule has 2 nitrogen and oxygen atoms in total. The summed E-state index contributed by atoms with van der Waals surface area (Å²) >= 11 is 0. The molecule has 0 amide bonds. The van der Waals surface area contributed by atoms with Crippen LogP contribution in [-0.2, 0) is 13.2 Å². The van der Waals surface area contributed by atoms with Crippen LogP contribution < -0.4 is 0 Å². The van der Waals surface area contributed by atoms with Gasteiger partial charge in [0.2, 0.25) is 0 Å². The van der Waals surface area contributed by atoms with Crippen molar-refractivity contribution >= 4 is 0 Å². The molecule has 0 aliphatic carbocycles. The lowest BCUT2D eigenvalue weighted by Crippen LogP contribution is -2.08. The molecule has 0 fully saturated rings. The van der Waals surface area contributed by atoms with Crippen molar-refractivity contribution in [2.45, 2.75) is 6.18 Å². The summed E-state index contributed by atoms with van der Waals surface area (Å²) in [5, 5.41) is 3.45. The van der Waals surface area contributed by atoms with Gasteiger partial charge in [-0.15, -0.1) is 0 Å². The average Bonchev–Trinajstić information content (AvgIpc) is 2.61. The summed E-state index contributed by atoms with van der Waals surface area (Å²) in [6.45, 7) is 0. The van der Waals surface area contributed by atoms with Crippen LogP contribution in [0.4, 0.5) is 13.2 Å². The van der Waals surface area contributed by atoms with Crippen LogP contribution in [0.2, 0.25) is 0 Å². The Labute approximate surface area is 90.3 Å². The molecular weight excluding hydrogens is 217 g/mol. The van der Waals surface area contributed by atoms with Gasteiger partial charge in [0.15, 0.2) is 5.69 Å². The Morgan fingerprint density at radius 1 is 1.12 bits per heavy atom. The molecule has 0 unspecified atom stereocenters. The molecule has 0 atom stereocenters. The van der Waals surface area contributed by atoms with Crippen LogP contribution in [0.1, 0.15) is 5.69 Å². The number of rotatable bonds is 1. The molecule has 1 aromatic heterocycles. The van der Waals surface area contributed by atoms with E-state index in [1.165, 1.54) is 17.9 Å². The van der Waals surface area contributed by atoms with Gasteiger partial charge < -0.3 is 0 Å². The second-order valence-corrected chi connectivity index (χ2v) is 3.43. The van der Waals surface area contributed by atoms with E-state index >= 15 is 0 Å². The van der Waals surface area contributed by atoms with E-state index in [9.17, 15) is 13.2 Å². The Kier molecular flexibility index (Phi) is 2.46. The summed E-state index contributed by atoms with van der Waals surface area (Å²) in [6, 6.07) is 8.41. The highest BCUT2D eigenvalue weighted by Gasteiger charge is 2.37. The second kappa shape index (κ2) is 3.66. The van der Waals surface area contributed by atoms with E-state index in [4.69, 9.17) is 0 Å². The van der Waals surface area contributed by atoms with Crippen LogP contribution in [-0.4, -0.2) is 9.78 Å². The fourth-order valence-electron chi connectivity index (χ4n) is 1.53. The summed E-state index contributed by atoms with van der Waals surface area (Å²) in [7, 11) is 1.47. The van der Waals surface area contributed by atoms with E-state index in [1.54, 1.807) is 30.3 Å². The van der Waals surface area contributed by atoms with Crippen LogP contribution in [0, 0.1) is 0 Å². The first-order valence-corrected chi connectivity index (χ1v) is 4.65. The lowest BCUT2D eigenvalue weighted by molar-refractivity contribution is -0.140. The molecule has 1 aromatic carbocycles. The number of nitrogens with zero attached hydrogens (tertiary/aromatic N) is 2.